The fourth-order valence-electron chi connectivity index (χ4n) is 3.17. The number of hydrogen-bond acceptors (Lipinski definition) is 5. The maximum Gasteiger partial charge on any atom is 0.255 e. The van der Waals surface area contributed by atoms with Gasteiger partial charge in [0.1, 0.15) is 0 Å². The minimum atomic E-state index is 0.0599. The van der Waals surface area contributed by atoms with Crippen molar-refractivity contribution in [2.75, 3.05) is 26.8 Å². The van der Waals surface area contributed by atoms with E-state index in [1.165, 1.54) is 0 Å². The van der Waals surface area contributed by atoms with Gasteiger partial charge < -0.3 is 15.0 Å². The number of ether oxygens (including phenoxy) is 1. The van der Waals surface area contributed by atoms with E-state index >= 15 is 0 Å². The van der Waals surface area contributed by atoms with E-state index in [-0.39, 0.29) is 11.9 Å². The van der Waals surface area contributed by atoms with E-state index in [4.69, 9.17) is 4.74 Å². The van der Waals surface area contributed by atoms with Gasteiger partial charge in [-0.05, 0) is 37.1 Å². The van der Waals surface area contributed by atoms with Crippen molar-refractivity contribution in [3.63, 3.8) is 0 Å². The highest BCUT2D eigenvalue weighted by molar-refractivity contribution is 5.93. The van der Waals surface area contributed by atoms with Crippen molar-refractivity contribution in [3.05, 3.63) is 60.2 Å². The van der Waals surface area contributed by atoms with Crippen LogP contribution < -0.4 is 5.32 Å². The molecule has 1 fully saturated rings. The zero-order chi connectivity index (χ0) is 17.5. The molecule has 1 saturated heterocycles. The van der Waals surface area contributed by atoms with Crippen LogP contribution >= 0.6 is 0 Å². The van der Waals surface area contributed by atoms with E-state index in [1.807, 2.05) is 29.2 Å². The average Bonchev–Trinajstić information content (AvgIpc) is 2.69. The first kappa shape index (κ1) is 17.5. The van der Waals surface area contributed by atoms with Gasteiger partial charge >= 0.3 is 0 Å². The van der Waals surface area contributed by atoms with Crippen LogP contribution in [0.2, 0.25) is 0 Å². The highest BCUT2D eigenvalue weighted by Gasteiger charge is 2.26. The molecule has 6 heteroatoms. The molecule has 0 spiro atoms. The third-order valence-electron chi connectivity index (χ3n) is 4.51. The van der Waals surface area contributed by atoms with E-state index < -0.39 is 0 Å². The van der Waals surface area contributed by atoms with Crippen LogP contribution in [0.5, 0.6) is 0 Å². The largest absolute Gasteiger partial charge is 0.383 e. The lowest BCUT2D eigenvalue weighted by Crippen LogP contribution is -2.46. The molecule has 1 amide bonds. The Balaban J connectivity index is 1.55. The average molecular weight is 340 g/mol. The number of hydrogen-bond donors (Lipinski definition) is 1. The van der Waals surface area contributed by atoms with Crippen molar-refractivity contribution in [3.8, 4) is 0 Å². The number of likely N-dealkylation sites (tertiary alicyclic amines) is 1. The second-order valence-corrected chi connectivity index (χ2v) is 6.24. The Kier molecular flexibility index (Phi) is 6.09. The van der Waals surface area contributed by atoms with E-state index in [0.717, 1.165) is 31.6 Å². The fraction of sp³-hybridized carbons (Fsp3) is 0.421. The summed E-state index contributed by atoms with van der Waals surface area (Å²) >= 11 is 0. The number of nitrogens with zero attached hydrogens (tertiary/aromatic N) is 3. The standard InChI is InChI=1S/C19H24N4O2/c1-25-14-18(17-6-2-3-10-21-17)22-16-7-11-23(12-8-16)19(24)15-5-4-9-20-13-15/h2-6,9-10,13,16,18,22H,7-8,11-12,14H2,1H3. The molecule has 1 aliphatic heterocycles. The molecule has 0 bridgehead atoms. The van der Waals surface area contributed by atoms with Crippen LogP contribution in [0.4, 0.5) is 0 Å². The molecular formula is C19H24N4O2. The zero-order valence-electron chi connectivity index (χ0n) is 14.5. The summed E-state index contributed by atoms with van der Waals surface area (Å²) in [4.78, 5) is 22.9. The van der Waals surface area contributed by atoms with Crippen LogP contribution in [0.25, 0.3) is 0 Å². The molecule has 1 atom stereocenters. The second-order valence-electron chi connectivity index (χ2n) is 6.24. The molecule has 0 saturated carbocycles. The van der Waals surface area contributed by atoms with Crippen LogP contribution in [0.3, 0.4) is 0 Å². The van der Waals surface area contributed by atoms with Crippen LogP contribution in [-0.4, -0.2) is 53.6 Å². The summed E-state index contributed by atoms with van der Waals surface area (Å²) in [5.74, 6) is 0.0599. The number of rotatable bonds is 6. The molecule has 0 radical (unpaired) electrons. The predicted molar refractivity (Wildman–Crippen MR) is 95.2 cm³/mol. The normalized spacial score (nSPS) is 16.6. The number of carbonyl (C=O) groups excluding carboxylic acids is 1. The van der Waals surface area contributed by atoms with Crippen molar-refractivity contribution in [2.24, 2.45) is 0 Å². The first-order chi connectivity index (χ1) is 12.3. The molecule has 1 N–H and O–H groups in total. The number of aromatic nitrogens is 2. The van der Waals surface area contributed by atoms with Gasteiger partial charge in [-0.25, -0.2) is 0 Å². The Labute approximate surface area is 148 Å². The number of nitrogens with one attached hydrogen (secondary N) is 1. The summed E-state index contributed by atoms with van der Waals surface area (Å²) in [6, 6.07) is 9.94. The topological polar surface area (TPSA) is 67.3 Å². The van der Waals surface area contributed by atoms with Gasteiger partial charge in [0.25, 0.3) is 5.91 Å². The molecule has 2 aromatic rings. The van der Waals surface area contributed by atoms with E-state index in [1.54, 1.807) is 31.8 Å². The van der Waals surface area contributed by atoms with Gasteiger partial charge in [-0.15, -0.1) is 0 Å². The fourth-order valence-corrected chi connectivity index (χ4v) is 3.17. The minimum absolute atomic E-state index is 0.0599. The summed E-state index contributed by atoms with van der Waals surface area (Å²) in [5.41, 5.74) is 1.64. The monoisotopic (exact) mass is 340 g/mol. The van der Waals surface area contributed by atoms with Crippen molar-refractivity contribution in [1.82, 2.24) is 20.2 Å². The maximum absolute atomic E-state index is 12.5. The van der Waals surface area contributed by atoms with Gasteiger partial charge in [0.2, 0.25) is 0 Å². The summed E-state index contributed by atoms with van der Waals surface area (Å²) in [6.45, 7) is 2.06. The smallest absolute Gasteiger partial charge is 0.255 e. The Hall–Kier alpha value is -2.31. The number of carbonyl (C=O) groups is 1. The Morgan fingerprint density at radius 3 is 2.76 bits per heavy atom. The Morgan fingerprint density at radius 2 is 2.12 bits per heavy atom. The van der Waals surface area contributed by atoms with Crippen LogP contribution in [0, 0.1) is 0 Å². The van der Waals surface area contributed by atoms with E-state index in [2.05, 4.69) is 15.3 Å². The third-order valence-corrected chi connectivity index (χ3v) is 4.51. The molecule has 3 heterocycles. The second kappa shape index (κ2) is 8.69. The lowest BCUT2D eigenvalue weighted by atomic mass is 10.0. The summed E-state index contributed by atoms with van der Waals surface area (Å²) in [7, 11) is 1.70. The highest BCUT2D eigenvalue weighted by Crippen LogP contribution is 2.18. The first-order valence-electron chi connectivity index (χ1n) is 8.63. The van der Waals surface area contributed by atoms with E-state index in [0.29, 0.717) is 18.2 Å². The van der Waals surface area contributed by atoms with Crippen molar-refractivity contribution >= 4 is 5.91 Å². The third kappa shape index (κ3) is 4.61. The molecule has 25 heavy (non-hydrogen) atoms. The van der Waals surface area contributed by atoms with Crippen LogP contribution in [0.1, 0.15) is 34.9 Å². The van der Waals surface area contributed by atoms with Gasteiger partial charge in [-0.2, -0.15) is 0 Å². The Bertz CT molecular complexity index is 658. The molecule has 0 aliphatic carbocycles. The highest BCUT2D eigenvalue weighted by atomic mass is 16.5. The molecule has 1 aliphatic rings. The number of amides is 1. The van der Waals surface area contributed by atoms with Crippen molar-refractivity contribution in [2.45, 2.75) is 24.9 Å². The quantitative estimate of drug-likeness (QED) is 0.872. The van der Waals surface area contributed by atoms with Crippen LogP contribution in [0.15, 0.2) is 48.9 Å². The minimum Gasteiger partial charge on any atom is -0.383 e. The maximum atomic E-state index is 12.5. The number of methoxy groups -OCH3 is 1. The van der Waals surface area contributed by atoms with Gasteiger partial charge in [0.05, 0.1) is 23.9 Å². The summed E-state index contributed by atoms with van der Waals surface area (Å²) < 4.78 is 5.34. The lowest BCUT2D eigenvalue weighted by Gasteiger charge is -2.34. The SMILES string of the molecule is COCC(NC1CCN(C(=O)c2cccnc2)CC1)c1ccccn1. The van der Waals surface area contributed by atoms with Crippen molar-refractivity contribution < 1.29 is 9.53 Å². The number of pyridine rings is 2. The summed E-state index contributed by atoms with van der Waals surface area (Å²) in [6.07, 6.45) is 6.94. The van der Waals surface area contributed by atoms with Crippen LogP contribution in [-0.2, 0) is 4.74 Å². The van der Waals surface area contributed by atoms with Gasteiger partial charge in [-0.1, -0.05) is 6.07 Å². The van der Waals surface area contributed by atoms with Crippen molar-refractivity contribution in [1.29, 1.82) is 0 Å². The summed E-state index contributed by atoms with van der Waals surface area (Å²) in [5, 5.41) is 3.63. The molecule has 1 unspecified atom stereocenters. The lowest BCUT2D eigenvalue weighted by molar-refractivity contribution is 0.0692. The van der Waals surface area contributed by atoms with E-state index in [9.17, 15) is 4.79 Å². The first-order valence-corrected chi connectivity index (χ1v) is 8.63. The molecule has 2 aromatic heterocycles. The van der Waals surface area contributed by atoms with Gasteiger partial charge in [0, 0.05) is 44.8 Å². The Morgan fingerprint density at radius 1 is 1.28 bits per heavy atom. The molecule has 6 nitrogen and oxygen atoms in total. The molecule has 3 rings (SSSR count). The zero-order valence-corrected chi connectivity index (χ0v) is 14.5. The molecular weight excluding hydrogens is 316 g/mol. The molecule has 0 aromatic carbocycles. The molecule has 132 valence electrons. The number of piperidine rings is 1. The predicted octanol–water partition coefficient (Wildman–Crippen LogP) is 2.06. The van der Waals surface area contributed by atoms with Gasteiger partial charge in [0.15, 0.2) is 0 Å². The van der Waals surface area contributed by atoms with Gasteiger partial charge in [-0.3, -0.25) is 14.8 Å².